The van der Waals surface area contributed by atoms with Crippen LogP contribution in [0, 0.1) is 0 Å². The molecule has 7 heteroatoms. The Hall–Kier alpha value is -1.57. The van der Waals surface area contributed by atoms with E-state index in [9.17, 15) is 8.42 Å². The maximum Gasteiger partial charge on any atom is 0.240 e. The Labute approximate surface area is 118 Å². The maximum absolute atomic E-state index is 12.1. The Morgan fingerprint density at radius 1 is 1.20 bits per heavy atom. The van der Waals surface area contributed by atoms with E-state index in [2.05, 4.69) is 4.72 Å². The first-order chi connectivity index (χ1) is 9.63. The lowest BCUT2D eigenvalue weighted by molar-refractivity contribution is 0.297. The van der Waals surface area contributed by atoms with Crippen molar-refractivity contribution in [3.05, 3.63) is 30.4 Å². The Morgan fingerprint density at radius 2 is 1.95 bits per heavy atom. The lowest BCUT2D eigenvalue weighted by atomic mass is 10.3. The number of fused-ring (bicyclic) bond motifs is 1. The standard InChI is InChI=1S/C13H18N2O4S/c14-6-1-2-7-15-20(16,17)11-4-5-12-13(10-11)19-9-3-8-18-12/h1-2,4-5,10,15H,3,6-9,14H2/b2-1+. The summed E-state index contributed by atoms with van der Waals surface area (Å²) in [6, 6.07) is 4.60. The fourth-order valence-electron chi connectivity index (χ4n) is 1.73. The van der Waals surface area contributed by atoms with Crippen LogP contribution in [0.2, 0.25) is 0 Å². The van der Waals surface area contributed by atoms with Crippen molar-refractivity contribution >= 4 is 10.0 Å². The largest absolute Gasteiger partial charge is 0.490 e. The number of benzene rings is 1. The summed E-state index contributed by atoms with van der Waals surface area (Å²) in [5.41, 5.74) is 5.29. The smallest absolute Gasteiger partial charge is 0.240 e. The van der Waals surface area contributed by atoms with Crippen LogP contribution in [0.15, 0.2) is 35.2 Å². The Kier molecular flexibility index (Phi) is 4.99. The number of ether oxygens (including phenoxy) is 2. The van der Waals surface area contributed by atoms with Crippen LogP contribution in [-0.4, -0.2) is 34.7 Å². The summed E-state index contributed by atoms with van der Waals surface area (Å²) in [6.45, 7) is 1.67. The van der Waals surface area contributed by atoms with Gasteiger partial charge in [0, 0.05) is 25.6 Å². The summed E-state index contributed by atoms with van der Waals surface area (Å²) in [7, 11) is -3.56. The average molecular weight is 298 g/mol. The molecule has 0 bridgehead atoms. The highest BCUT2D eigenvalue weighted by molar-refractivity contribution is 7.89. The van der Waals surface area contributed by atoms with Gasteiger partial charge in [0.2, 0.25) is 10.0 Å². The summed E-state index contributed by atoms with van der Waals surface area (Å²) in [5, 5.41) is 0. The second kappa shape index (κ2) is 6.74. The Morgan fingerprint density at radius 3 is 2.70 bits per heavy atom. The highest BCUT2D eigenvalue weighted by atomic mass is 32.2. The predicted octanol–water partition coefficient (Wildman–Crippen LogP) is 0.641. The molecule has 110 valence electrons. The van der Waals surface area contributed by atoms with Crippen LogP contribution >= 0.6 is 0 Å². The van der Waals surface area contributed by atoms with Crippen LogP contribution in [0.25, 0.3) is 0 Å². The van der Waals surface area contributed by atoms with Crippen LogP contribution < -0.4 is 19.9 Å². The molecule has 0 unspecified atom stereocenters. The van der Waals surface area contributed by atoms with E-state index < -0.39 is 10.0 Å². The zero-order chi connectivity index (χ0) is 14.4. The molecule has 3 N–H and O–H groups in total. The van der Waals surface area contributed by atoms with Gasteiger partial charge in [-0.2, -0.15) is 0 Å². The topological polar surface area (TPSA) is 90.7 Å². The molecule has 20 heavy (non-hydrogen) atoms. The van der Waals surface area contributed by atoms with Gasteiger partial charge in [-0.25, -0.2) is 13.1 Å². The van der Waals surface area contributed by atoms with Crippen molar-refractivity contribution in [3.8, 4) is 11.5 Å². The number of sulfonamides is 1. The molecule has 0 saturated carbocycles. The minimum atomic E-state index is -3.56. The van der Waals surface area contributed by atoms with E-state index in [1.807, 2.05) is 0 Å². The van der Waals surface area contributed by atoms with Crippen LogP contribution in [0.4, 0.5) is 0 Å². The zero-order valence-corrected chi connectivity index (χ0v) is 11.9. The van der Waals surface area contributed by atoms with Crippen LogP contribution in [0.3, 0.4) is 0 Å². The fraction of sp³-hybridized carbons (Fsp3) is 0.385. The van der Waals surface area contributed by atoms with Gasteiger partial charge in [0.1, 0.15) is 0 Å². The summed E-state index contributed by atoms with van der Waals surface area (Å²) in [4.78, 5) is 0.155. The van der Waals surface area contributed by atoms with E-state index in [0.717, 1.165) is 6.42 Å². The van der Waals surface area contributed by atoms with Crippen molar-refractivity contribution in [3.63, 3.8) is 0 Å². The monoisotopic (exact) mass is 298 g/mol. The van der Waals surface area contributed by atoms with Gasteiger partial charge in [-0.05, 0) is 12.1 Å². The molecule has 1 aromatic rings. The number of nitrogens with one attached hydrogen (secondary N) is 1. The molecule has 0 saturated heterocycles. The number of hydrogen-bond acceptors (Lipinski definition) is 5. The second-order valence-corrected chi connectivity index (χ2v) is 5.98. The van der Waals surface area contributed by atoms with Crippen molar-refractivity contribution in [2.75, 3.05) is 26.3 Å². The molecule has 0 spiro atoms. The van der Waals surface area contributed by atoms with Crippen molar-refractivity contribution < 1.29 is 17.9 Å². The van der Waals surface area contributed by atoms with E-state index in [-0.39, 0.29) is 11.4 Å². The highest BCUT2D eigenvalue weighted by Gasteiger charge is 2.17. The van der Waals surface area contributed by atoms with Gasteiger partial charge in [0.05, 0.1) is 18.1 Å². The predicted molar refractivity (Wildman–Crippen MR) is 75.4 cm³/mol. The summed E-state index contributed by atoms with van der Waals surface area (Å²) >= 11 is 0. The molecule has 6 nitrogen and oxygen atoms in total. The summed E-state index contributed by atoms with van der Waals surface area (Å²) in [6.07, 6.45) is 4.13. The molecule has 0 amide bonds. The first-order valence-corrected chi connectivity index (χ1v) is 7.86. The first-order valence-electron chi connectivity index (χ1n) is 6.38. The van der Waals surface area contributed by atoms with Crippen molar-refractivity contribution in [1.29, 1.82) is 0 Å². The number of hydrogen-bond donors (Lipinski definition) is 2. The molecule has 0 radical (unpaired) electrons. The normalized spacial score (nSPS) is 15.2. The quantitative estimate of drug-likeness (QED) is 0.779. The third-order valence-corrected chi connectivity index (χ3v) is 4.14. The first kappa shape index (κ1) is 14.8. The van der Waals surface area contributed by atoms with Gasteiger partial charge >= 0.3 is 0 Å². The highest BCUT2D eigenvalue weighted by Crippen LogP contribution is 2.31. The number of nitrogens with two attached hydrogens (primary N) is 1. The Balaban J connectivity index is 2.15. The zero-order valence-electron chi connectivity index (χ0n) is 11.0. The van der Waals surface area contributed by atoms with Crippen molar-refractivity contribution in [2.24, 2.45) is 5.73 Å². The van der Waals surface area contributed by atoms with Crippen LogP contribution in [0.5, 0.6) is 11.5 Å². The molecular formula is C13H18N2O4S. The molecule has 1 heterocycles. The number of rotatable bonds is 5. The Bertz CT molecular complexity index is 584. The van der Waals surface area contributed by atoms with E-state index >= 15 is 0 Å². The minimum absolute atomic E-state index is 0.155. The van der Waals surface area contributed by atoms with Gasteiger partial charge in [0.15, 0.2) is 11.5 Å². The van der Waals surface area contributed by atoms with Gasteiger partial charge in [-0.1, -0.05) is 12.2 Å². The molecule has 1 aromatic carbocycles. The molecule has 0 fully saturated rings. The summed E-state index contributed by atoms with van der Waals surface area (Å²) in [5.74, 6) is 1.03. The second-order valence-electron chi connectivity index (χ2n) is 4.22. The van der Waals surface area contributed by atoms with E-state index in [0.29, 0.717) is 31.3 Å². The van der Waals surface area contributed by atoms with Crippen LogP contribution in [-0.2, 0) is 10.0 Å². The van der Waals surface area contributed by atoms with E-state index in [1.54, 1.807) is 18.2 Å². The van der Waals surface area contributed by atoms with E-state index in [4.69, 9.17) is 15.2 Å². The molecule has 1 aliphatic heterocycles. The third kappa shape index (κ3) is 3.72. The van der Waals surface area contributed by atoms with Gasteiger partial charge < -0.3 is 15.2 Å². The molecular weight excluding hydrogens is 280 g/mol. The van der Waals surface area contributed by atoms with Gasteiger partial charge in [-0.15, -0.1) is 0 Å². The average Bonchev–Trinajstić information content (AvgIpc) is 2.68. The molecule has 0 aromatic heterocycles. The van der Waals surface area contributed by atoms with Crippen LogP contribution in [0.1, 0.15) is 6.42 Å². The lowest BCUT2D eigenvalue weighted by Gasteiger charge is -2.10. The summed E-state index contributed by atoms with van der Waals surface area (Å²) < 4.78 is 37.6. The minimum Gasteiger partial charge on any atom is -0.490 e. The van der Waals surface area contributed by atoms with Gasteiger partial charge in [-0.3, -0.25) is 0 Å². The molecule has 2 rings (SSSR count). The SMILES string of the molecule is NC/C=C/CNS(=O)(=O)c1ccc2c(c1)OCCCO2. The van der Waals surface area contributed by atoms with Crippen molar-refractivity contribution in [1.82, 2.24) is 4.72 Å². The van der Waals surface area contributed by atoms with E-state index in [1.165, 1.54) is 12.1 Å². The van der Waals surface area contributed by atoms with Crippen molar-refractivity contribution in [2.45, 2.75) is 11.3 Å². The van der Waals surface area contributed by atoms with Gasteiger partial charge in [0.25, 0.3) is 0 Å². The maximum atomic E-state index is 12.1. The molecule has 0 atom stereocenters. The molecule has 0 aliphatic carbocycles. The fourth-order valence-corrected chi connectivity index (χ4v) is 2.72. The third-order valence-electron chi connectivity index (χ3n) is 2.72. The molecule has 1 aliphatic rings. The lowest BCUT2D eigenvalue weighted by Crippen LogP contribution is -2.23.